The largest absolute Gasteiger partial charge is 0.397 e. The van der Waals surface area contributed by atoms with Gasteiger partial charge in [-0.2, -0.15) is 0 Å². The van der Waals surface area contributed by atoms with E-state index >= 15 is 0 Å². The maximum Gasteiger partial charge on any atom is 0.0801 e. The molecule has 0 aliphatic carbocycles. The Morgan fingerprint density at radius 1 is 1.25 bits per heavy atom. The van der Waals surface area contributed by atoms with Crippen molar-refractivity contribution in [2.45, 2.75) is 19.4 Å². The second kappa shape index (κ2) is 3.87. The minimum atomic E-state index is -0.103. The van der Waals surface area contributed by atoms with Crippen LogP contribution in [0.1, 0.15) is 13.8 Å². The second-order valence-corrected chi connectivity index (χ2v) is 4.84. The Morgan fingerprint density at radius 3 is 2.62 bits per heavy atom. The number of nitrogens with zero attached hydrogens (tertiary/aromatic N) is 1. The van der Waals surface area contributed by atoms with E-state index in [1.54, 1.807) is 0 Å². The van der Waals surface area contributed by atoms with Gasteiger partial charge in [0.05, 0.1) is 23.6 Å². The molecule has 1 saturated heterocycles. The van der Waals surface area contributed by atoms with Crippen molar-refractivity contribution in [3.8, 4) is 0 Å². The molecule has 0 spiro atoms. The lowest BCUT2D eigenvalue weighted by Crippen LogP contribution is -2.48. The second-order valence-electron chi connectivity index (χ2n) is 4.84. The van der Waals surface area contributed by atoms with Gasteiger partial charge in [-0.05, 0) is 32.0 Å². The Hall–Kier alpha value is -1.42. The first kappa shape index (κ1) is 11.1. The number of nitrogens with two attached hydrogens (primary N) is 2. The molecule has 0 radical (unpaired) electrons. The van der Waals surface area contributed by atoms with Crippen molar-refractivity contribution in [2.75, 3.05) is 36.1 Å². The van der Waals surface area contributed by atoms with Crippen LogP contribution >= 0.6 is 0 Å². The van der Waals surface area contributed by atoms with Crippen LogP contribution in [0.3, 0.4) is 0 Å². The average Bonchev–Trinajstić information content (AvgIpc) is 2.20. The first-order valence-corrected chi connectivity index (χ1v) is 5.52. The molecule has 1 heterocycles. The molecule has 0 aromatic heterocycles. The SMILES string of the molecule is CC1(C)CN(c2ccc(N)c(N)c2)CCO1. The maximum absolute atomic E-state index is 5.81. The predicted molar refractivity (Wildman–Crippen MR) is 67.5 cm³/mol. The quantitative estimate of drug-likeness (QED) is 0.705. The van der Waals surface area contributed by atoms with E-state index in [-0.39, 0.29) is 5.60 Å². The van der Waals surface area contributed by atoms with Gasteiger partial charge in [-0.1, -0.05) is 0 Å². The summed E-state index contributed by atoms with van der Waals surface area (Å²) >= 11 is 0. The van der Waals surface area contributed by atoms with Crippen molar-refractivity contribution in [1.29, 1.82) is 0 Å². The van der Waals surface area contributed by atoms with Gasteiger partial charge in [-0.15, -0.1) is 0 Å². The van der Waals surface area contributed by atoms with Gasteiger partial charge < -0.3 is 21.1 Å². The van der Waals surface area contributed by atoms with Gasteiger partial charge >= 0.3 is 0 Å². The molecular weight excluding hydrogens is 202 g/mol. The molecule has 1 aromatic carbocycles. The van der Waals surface area contributed by atoms with Crippen molar-refractivity contribution < 1.29 is 4.74 Å². The van der Waals surface area contributed by atoms with Crippen LogP contribution < -0.4 is 16.4 Å². The molecule has 0 saturated carbocycles. The fourth-order valence-corrected chi connectivity index (χ4v) is 2.00. The number of ether oxygens (including phenoxy) is 1. The van der Waals surface area contributed by atoms with Crippen molar-refractivity contribution in [3.05, 3.63) is 18.2 Å². The Bertz CT molecular complexity index is 390. The van der Waals surface area contributed by atoms with Gasteiger partial charge in [-0.25, -0.2) is 0 Å². The van der Waals surface area contributed by atoms with Crippen LogP contribution in [0.15, 0.2) is 18.2 Å². The molecule has 4 nitrogen and oxygen atoms in total. The lowest BCUT2D eigenvalue weighted by Gasteiger charge is -2.39. The molecule has 1 aliphatic rings. The van der Waals surface area contributed by atoms with Crippen LogP contribution in [0, 0.1) is 0 Å². The van der Waals surface area contributed by atoms with E-state index in [0.29, 0.717) is 11.4 Å². The van der Waals surface area contributed by atoms with Crippen LogP contribution in [-0.2, 0) is 4.74 Å². The molecule has 4 heteroatoms. The van der Waals surface area contributed by atoms with E-state index in [1.165, 1.54) is 0 Å². The Morgan fingerprint density at radius 2 is 2.00 bits per heavy atom. The topological polar surface area (TPSA) is 64.5 Å². The van der Waals surface area contributed by atoms with Crippen molar-refractivity contribution >= 4 is 17.1 Å². The normalized spacial score (nSPS) is 19.8. The maximum atomic E-state index is 5.81. The third-order valence-electron chi connectivity index (χ3n) is 2.86. The summed E-state index contributed by atoms with van der Waals surface area (Å²) in [5.41, 5.74) is 13.8. The van der Waals surface area contributed by atoms with Crippen molar-refractivity contribution in [3.63, 3.8) is 0 Å². The zero-order chi connectivity index (χ0) is 11.8. The molecule has 88 valence electrons. The fraction of sp³-hybridized carbons (Fsp3) is 0.500. The number of anilines is 3. The van der Waals surface area contributed by atoms with Crippen molar-refractivity contribution in [1.82, 2.24) is 0 Å². The monoisotopic (exact) mass is 221 g/mol. The summed E-state index contributed by atoms with van der Waals surface area (Å²) in [6.45, 7) is 6.71. The number of hydrogen-bond acceptors (Lipinski definition) is 4. The first-order chi connectivity index (χ1) is 7.48. The lowest BCUT2D eigenvalue weighted by atomic mass is 10.1. The summed E-state index contributed by atoms with van der Waals surface area (Å²) in [5, 5.41) is 0. The first-order valence-electron chi connectivity index (χ1n) is 5.52. The van der Waals surface area contributed by atoms with Gasteiger partial charge in [0, 0.05) is 18.8 Å². The van der Waals surface area contributed by atoms with Crippen LogP contribution in [-0.4, -0.2) is 25.3 Å². The summed E-state index contributed by atoms with van der Waals surface area (Å²) in [7, 11) is 0. The molecule has 4 N–H and O–H groups in total. The molecule has 1 fully saturated rings. The molecule has 0 amide bonds. The summed E-state index contributed by atoms with van der Waals surface area (Å²) in [6, 6.07) is 5.79. The fourth-order valence-electron chi connectivity index (χ4n) is 2.00. The van der Waals surface area contributed by atoms with Gasteiger partial charge in [-0.3, -0.25) is 0 Å². The Kier molecular flexibility index (Phi) is 2.68. The average molecular weight is 221 g/mol. The standard InChI is InChI=1S/C12H19N3O/c1-12(2)8-15(5-6-16-12)9-3-4-10(13)11(14)7-9/h3-4,7H,5-6,8,13-14H2,1-2H3. The molecule has 2 rings (SSSR count). The number of benzene rings is 1. The summed E-state index contributed by atoms with van der Waals surface area (Å²) in [4.78, 5) is 2.28. The lowest BCUT2D eigenvalue weighted by molar-refractivity contribution is -0.0276. The van der Waals surface area contributed by atoms with Gasteiger partial charge in [0.25, 0.3) is 0 Å². The van der Waals surface area contributed by atoms with E-state index in [9.17, 15) is 0 Å². The van der Waals surface area contributed by atoms with E-state index in [4.69, 9.17) is 16.2 Å². The summed E-state index contributed by atoms with van der Waals surface area (Å²) in [5.74, 6) is 0. The van der Waals surface area contributed by atoms with Crippen molar-refractivity contribution in [2.24, 2.45) is 0 Å². The molecular formula is C12H19N3O. The highest BCUT2D eigenvalue weighted by atomic mass is 16.5. The Balaban J connectivity index is 2.20. The number of nitrogen functional groups attached to an aromatic ring is 2. The number of rotatable bonds is 1. The molecule has 16 heavy (non-hydrogen) atoms. The zero-order valence-electron chi connectivity index (χ0n) is 9.86. The van der Waals surface area contributed by atoms with Crippen LogP contribution in [0.5, 0.6) is 0 Å². The van der Waals surface area contributed by atoms with Crippen LogP contribution in [0.4, 0.5) is 17.1 Å². The highest BCUT2D eigenvalue weighted by molar-refractivity contribution is 5.70. The van der Waals surface area contributed by atoms with E-state index in [1.807, 2.05) is 18.2 Å². The van der Waals surface area contributed by atoms with E-state index < -0.39 is 0 Å². The highest BCUT2D eigenvalue weighted by Gasteiger charge is 2.27. The molecule has 1 aliphatic heterocycles. The third kappa shape index (κ3) is 2.22. The minimum absolute atomic E-state index is 0.103. The van der Waals surface area contributed by atoms with Crippen LogP contribution in [0.2, 0.25) is 0 Å². The molecule has 1 aromatic rings. The minimum Gasteiger partial charge on any atom is -0.397 e. The molecule has 0 bridgehead atoms. The predicted octanol–water partition coefficient (Wildman–Crippen LogP) is 1.47. The summed E-state index contributed by atoms with van der Waals surface area (Å²) < 4.78 is 5.67. The molecule has 0 unspecified atom stereocenters. The number of hydrogen-bond donors (Lipinski definition) is 2. The van der Waals surface area contributed by atoms with Crippen LogP contribution in [0.25, 0.3) is 0 Å². The van der Waals surface area contributed by atoms with Gasteiger partial charge in [0.1, 0.15) is 0 Å². The molecule has 0 atom stereocenters. The smallest absolute Gasteiger partial charge is 0.0801 e. The van der Waals surface area contributed by atoms with Gasteiger partial charge in [0.15, 0.2) is 0 Å². The van der Waals surface area contributed by atoms with E-state index in [2.05, 4.69) is 18.7 Å². The number of morpholine rings is 1. The summed E-state index contributed by atoms with van der Waals surface area (Å²) in [6.07, 6.45) is 0. The van der Waals surface area contributed by atoms with E-state index in [0.717, 1.165) is 25.4 Å². The third-order valence-corrected chi connectivity index (χ3v) is 2.86. The Labute approximate surface area is 96.2 Å². The highest BCUT2D eigenvalue weighted by Crippen LogP contribution is 2.26. The zero-order valence-corrected chi connectivity index (χ0v) is 9.86. The van der Waals surface area contributed by atoms with Gasteiger partial charge in [0.2, 0.25) is 0 Å².